The minimum Gasteiger partial charge on any atom is -0.473 e. The van der Waals surface area contributed by atoms with Crippen LogP contribution in [0, 0.1) is 0 Å². The molecule has 0 saturated heterocycles. The molecule has 0 aliphatic carbocycles. The van der Waals surface area contributed by atoms with Crippen molar-refractivity contribution in [2.24, 2.45) is 0 Å². The van der Waals surface area contributed by atoms with Gasteiger partial charge in [0.1, 0.15) is 0 Å². The van der Waals surface area contributed by atoms with Crippen molar-refractivity contribution in [1.29, 1.82) is 0 Å². The number of rotatable bonds is 17. The highest BCUT2D eigenvalue weighted by Gasteiger charge is 2.18. The molecule has 0 N–H and O–H groups in total. The third kappa shape index (κ3) is 18.3. The monoisotopic (exact) mass is 341 g/mol. The molecule has 0 rings (SSSR count). The Hall–Kier alpha value is -0.0151. The van der Waals surface area contributed by atoms with E-state index in [9.17, 15) is 0 Å². The third-order valence-electron chi connectivity index (χ3n) is 5.32. The lowest BCUT2D eigenvalue weighted by atomic mass is 9.97. The first-order valence-electron chi connectivity index (χ1n) is 11.2. The second-order valence-electron chi connectivity index (χ2n) is 10.5. The van der Waals surface area contributed by atoms with Crippen LogP contribution in [0.4, 0.5) is 0 Å². The van der Waals surface area contributed by atoms with E-state index in [4.69, 9.17) is 0 Å². The van der Waals surface area contributed by atoms with Crippen LogP contribution in [-0.2, 0) is 0 Å². The summed E-state index contributed by atoms with van der Waals surface area (Å²) in [6.45, 7) is 3.68. The molecule has 0 aromatic carbocycles. The van der Waals surface area contributed by atoms with Crippen LogP contribution in [0.15, 0.2) is 0 Å². The van der Waals surface area contributed by atoms with E-state index in [1.807, 2.05) is 0 Å². The second kappa shape index (κ2) is 14.2. The van der Waals surface area contributed by atoms with Crippen LogP contribution in [-0.4, -0.2) is 58.1 Å². The number of quaternary nitrogens is 2. The average Bonchev–Trinajstić information content (AvgIpc) is 2.45. The van der Waals surface area contributed by atoms with E-state index >= 15 is 0 Å². The first-order valence-corrected chi connectivity index (χ1v) is 11.2. The van der Waals surface area contributed by atoms with Crippen molar-refractivity contribution in [2.75, 3.05) is 41.8 Å². The summed E-state index contributed by atoms with van der Waals surface area (Å²) in [7, 11) is 12.0. The molecule has 146 valence electrons. The molecule has 0 bridgehead atoms. The Labute approximate surface area is 155 Å². The summed E-state index contributed by atoms with van der Waals surface area (Å²) in [5.74, 6) is 0. The van der Waals surface area contributed by atoms with Crippen molar-refractivity contribution in [3.63, 3.8) is 0 Å². The molecule has 3 heteroatoms. The molecule has 2 nitrogen and oxygen atoms in total. The quantitative estimate of drug-likeness (QED) is 0.250. The van der Waals surface area contributed by atoms with Crippen molar-refractivity contribution in [1.82, 2.24) is 0 Å². The molecule has 0 aromatic rings. The first kappa shape index (κ1) is 24.0. The van der Waals surface area contributed by atoms with Crippen LogP contribution in [0.25, 0.3) is 0 Å². The predicted octanol–water partition coefficient (Wildman–Crippen LogP) is 5.25. The fourth-order valence-corrected chi connectivity index (χ4v) is 4.50. The Morgan fingerprint density at radius 2 is 0.833 bits per heavy atom. The highest BCUT2D eigenvalue weighted by molar-refractivity contribution is 6.16. The molecule has 0 heterocycles. The zero-order chi connectivity index (χ0) is 18.3. The van der Waals surface area contributed by atoms with Crippen LogP contribution < -0.4 is 0 Å². The highest BCUT2D eigenvalue weighted by atomic mass is 15.4. The van der Waals surface area contributed by atoms with E-state index < -0.39 is 0 Å². The lowest BCUT2D eigenvalue weighted by Crippen LogP contribution is -2.57. The molecule has 0 fully saturated rings. The van der Waals surface area contributed by atoms with Crippen LogP contribution in [0.1, 0.15) is 96.8 Å². The van der Waals surface area contributed by atoms with E-state index in [0.717, 1.165) is 0 Å². The largest absolute Gasteiger partial charge is 0.473 e. The Morgan fingerprint density at radius 3 is 1.17 bits per heavy atom. The number of nitrogens with zero attached hydrogens (tertiary/aromatic N) is 2. The Balaban J connectivity index is 3.28. The number of unbranched alkanes of at least 4 members (excludes halogenated alkanes) is 13. The lowest BCUT2D eigenvalue weighted by Gasteiger charge is -2.44. The standard InChI is InChI=1S/C21H50BN2/c1-7-8-9-10-11-12-13-14-15-16-17-18-19-20-21-24(5,6)22-23(2,3)4/h7-22H2,1-6H3/q+1. The molecule has 0 spiro atoms. The summed E-state index contributed by atoms with van der Waals surface area (Å²) in [5, 5.41) is 0. The summed E-state index contributed by atoms with van der Waals surface area (Å²) in [5.41, 5.74) is 0. The third-order valence-corrected chi connectivity index (χ3v) is 5.32. The van der Waals surface area contributed by atoms with Crippen molar-refractivity contribution in [3.05, 3.63) is 0 Å². The van der Waals surface area contributed by atoms with Gasteiger partial charge in [-0.3, -0.25) is 0 Å². The lowest BCUT2D eigenvalue weighted by molar-refractivity contribution is -0.880. The van der Waals surface area contributed by atoms with Crippen molar-refractivity contribution >= 4 is 7.55 Å². The maximum atomic E-state index is 2.44. The van der Waals surface area contributed by atoms with Gasteiger partial charge in [0.2, 0.25) is 0 Å². The van der Waals surface area contributed by atoms with Gasteiger partial charge in [0, 0.05) is 41.8 Å². The van der Waals surface area contributed by atoms with Crippen LogP contribution in [0.2, 0.25) is 0 Å². The Kier molecular flexibility index (Phi) is 14.2. The van der Waals surface area contributed by atoms with Gasteiger partial charge in [-0.15, -0.1) is 0 Å². The van der Waals surface area contributed by atoms with Crippen molar-refractivity contribution in [2.45, 2.75) is 96.8 Å². The maximum Gasteiger partial charge on any atom is 0.386 e. The van der Waals surface area contributed by atoms with Gasteiger partial charge in [-0.25, -0.2) is 0 Å². The van der Waals surface area contributed by atoms with Gasteiger partial charge >= 0.3 is 7.55 Å². The van der Waals surface area contributed by atoms with Gasteiger partial charge in [-0.1, -0.05) is 84.0 Å². The molecule has 0 atom stereocenters. The fraction of sp³-hybridized carbons (Fsp3) is 1.00. The van der Waals surface area contributed by atoms with E-state index in [0.29, 0.717) is 0 Å². The molecule has 0 aliphatic rings. The number of hydrogen-bond acceptors (Lipinski definition) is 0. The van der Waals surface area contributed by atoms with E-state index in [2.05, 4.69) is 42.2 Å². The van der Waals surface area contributed by atoms with Gasteiger partial charge in [0.05, 0.1) is 0 Å². The van der Waals surface area contributed by atoms with Gasteiger partial charge < -0.3 is 8.79 Å². The molecule has 0 saturated carbocycles. The molecule has 0 aliphatic heterocycles. The van der Waals surface area contributed by atoms with Gasteiger partial charge in [-0.05, 0) is 12.8 Å². The molecule has 0 aromatic heterocycles. The minimum atomic E-state index is 0.0225. The summed E-state index contributed by atoms with van der Waals surface area (Å²) in [6.07, 6.45) is 20.4. The molecular formula is C21H50BN2+. The van der Waals surface area contributed by atoms with Gasteiger partial charge in [-0.2, -0.15) is 0 Å². The highest BCUT2D eigenvalue weighted by Crippen LogP contribution is 2.13. The molecule has 0 amide bonds. The van der Waals surface area contributed by atoms with Crippen LogP contribution >= 0.6 is 0 Å². The second-order valence-corrected chi connectivity index (χ2v) is 10.5. The number of hydrogen-bond donors (Lipinski definition) is 0. The predicted molar refractivity (Wildman–Crippen MR) is 114 cm³/mol. The summed E-state index contributed by atoms with van der Waals surface area (Å²) in [6, 6.07) is 0. The van der Waals surface area contributed by atoms with Crippen LogP contribution in [0.3, 0.4) is 0 Å². The Morgan fingerprint density at radius 1 is 0.500 bits per heavy atom. The zero-order valence-electron chi connectivity index (χ0n) is 18.5. The molecule has 0 radical (unpaired) electrons. The van der Waals surface area contributed by atoms with E-state index in [1.165, 1.54) is 105 Å². The zero-order valence-corrected chi connectivity index (χ0v) is 18.5. The minimum absolute atomic E-state index is 0.0225. The smallest absolute Gasteiger partial charge is 0.386 e. The van der Waals surface area contributed by atoms with E-state index in [1.54, 1.807) is 0 Å². The van der Waals surface area contributed by atoms with Crippen molar-refractivity contribution in [3.8, 4) is 0 Å². The topological polar surface area (TPSA) is 0 Å². The molecule has 24 heavy (non-hydrogen) atoms. The van der Waals surface area contributed by atoms with E-state index in [-0.39, 0.29) is 7.55 Å². The molecular weight excluding hydrogens is 291 g/mol. The SMILES string of the molecule is CCCCCCCCCCCCCCCC[N+](C)(C)[BH2-][N+](C)(C)C. The Bertz CT molecular complexity index is 272. The maximum absolute atomic E-state index is 2.44. The summed E-state index contributed by atoms with van der Waals surface area (Å²) >= 11 is 0. The van der Waals surface area contributed by atoms with Crippen molar-refractivity contribution < 1.29 is 8.79 Å². The molecule has 0 unspecified atom stereocenters. The first-order chi connectivity index (χ1) is 11.3. The van der Waals surface area contributed by atoms with Gasteiger partial charge in [0.15, 0.2) is 0 Å². The fourth-order valence-electron chi connectivity index (χ4n) is 4.50. The summed E-state index contributed by atoms with van der Waals surface area (Å²) < 4.78 is 2.47. The van der Waals surface area contributed by atoms with Gasteiger partial charge in [0.25, 0.3) is 0 Å². The van der Waals surface area contributed by atoms with Crippen LogP contribution in [0.5, 0.6) is 0 Å². The summed E-state index contributed by atoms with van der Waals surface area (Å²) in [4.78, 5) is 0. The average molecular weight is 341 g/mol. The normalized spacial score (nSPS) is 12.8.